The van der Waals surface area contributed by atoms with Gasteiger partial charge in [-0.15, -0.1) is 0 Å². The van der Waals surface area contributed by atoms with Crippen molar-refractivity contribution in [1.29, 1.82) is 0 Å². The molecule has 19 heavy (non-hydrogen) atoms. The monoisotopic (exact) mass is 321 g/mol. The number of halogens is 3. The molecule has 1 amide bonds. The van der Waals surface area contributed by atoms with Crippen molar-refractivity contribution in [1.82, 2.24) is 5.32 Å². The molecule has 1 aromatic carbocycles. The zero-order chi connectivity index (χ0) is 14.0. The van der Waals surface area contributed by atoms with E-state index in [4.69, 9.17) is 39.5 Å². The molecule has 1 aromatic rings. The molecule has 1 heterocycles. The van der Waals surface area contributed by atoms with Gasteiger partial charge in [0.15, 0.2) is 0 Å². The Hall–Kier alpha value is -0.480. The molecule has 1 aliphatic rings. The van der Waals surface area contributed by atoms with Crippen LogP contribution in [0.3, 0.4) is 0 Å². The third-order valence-electron chi connectivity index (χ3n) is 3.03. The average Bonchev–Trinajstić information content (AvgIpc) is 3.05. The zero-order valence-corrected chi connectivity index (χ0v) is 12.5. The van der Waals surface area contributed by atoms with E-state index in [1.54, 1.807) is 0 Å². The Morgan fingerprint density at radius 1 is 1.37 bits per heavy atom. The van der Waals surface area contributed by atoms with E-state index in [9.17, 15) is 4.79 Å². The summed E-state index contributed by atoms with van der Waals surface area (Å²) in [5.41, 5.74) is 1.10. The summed E-state index contributed by atoms with van der Waals surface area (Å²) in [5, 5.41) is 2.74. The molecule has 3 nitrogen and oxygen atoms in total. The van der Waals surface area contributed by atoms with Gasteiger partial charge in [-0.2, -0.15) is 0 Å². The number of alkyl halides is 3. The predicted molar refractivity (Wildman–Crippen MR) is 76.7 cm³/mol. The Morgan fingerprint density at radius 2 is 1.95 bits per heavy atom. The van der Waals surface area contributed by atoms with Crippen molar-refractivity contribution >= 4 is 40.7 Å². The fourth-order valence-electron chi connectivity index (χ4n) is 1.99. The third kappa shape index (κ3) is 4.25. The van der Waals surface area contributed by atoms with Gasteiger partial charge in [0.25, 0.3) is 9.70 Å². The average molecular weight is 323 g/mol. The molecule has 0 aliphatic carbocycles. The van der Waals surface area contributed by atoms with Crippen LogP contribution in [0.4, 0.5) is 0 Å². The lowest BCUT2D eigenvalue weighted by Crippen LogP contribution is -2.46. The Balaban J connectivity index is 2.03. The topological polar surface area (TPSA) is 41.6 Å². The maximum Gasteiger partial charge on any atom is 0.272 e. The van der Waals surface area contributed by atoms with E-state index in [0.717, 1.165) is 5.56 Å². The highest BCUT2D eigenvalue weighted by Crippen LogP contribution is 2.30. The number of hydrogen-bond donors (Lipinski definition) is 1. The van der Waals surface area contributed by atoms with Crippen molar-refractivity contribution in [2.45, 2.75) is 35.4 Å². The molecule has 0 bridgehead atoms. The molecule has 1 N–H and O–H groups in total. The summed E-state index contributed by atoms with van der Waals surface area (Å²) in [7, 11) is 0. The van der Waals surface area contributed by atoms with Crippen LogP contribution in [-0.4, -0.2) is 27.9 Å². The molecule has 0 spiro atoms. The van der Waals surface area contributed by atoms with E-state index < -0.39 is 9.70 Å². The number of ether oxygens (including phenoxy) is 1. The van der Waals surface area contributed by atoms with Crippen molar-refractivity contribution in [3.05, 3.63) is 35.9 Å². The molecule has 0 saturated carbocycles. The highest BCUT2D eigenvalue weighted by molar-refractivity contribution is 6.76. The second-order valence-corrected chi connectivity index (χ2v) is 6.85. The van der Waals surface area contributed by atoms with Gasteiger partial charge in [0.05, 0.1) is 12.1 Å². The second kappa shape index (κ2) is 5.88. The summed E-state index contributed by atoms with van der Waals surface area (Å²) in [5.74, 6) is -0.624. The van der Waals surface area contributed by atoms with Gasteiger partial charge in [-0.1, -0.05) is 65.1 Å². The van der Waals surface area contributed by atoms with Gasteiger partial charge >= 0.3 is 0 Å². The fourth-order valence-corrected chi connectivity index (χ4v) is 2.16. The minimum atomic E-state index is -1.95. The quantitative estimate of drug-likeness (QED) is 0.684. The summed E-state index contributed by atoms with van der Waals surface area (Å²) >= 11 is 16.7. The van der Waals surface area contributed by atoms with Crippen LogP contribution >= 0.6 is 34.8 Å². The Kier molecular flexibility index (Phi) is 4.62. The van der Waals surface area contributed by atoms with Crippen LogP contribution in [0.1, 0.15) is 12.5 Å². The zero-order valence-electron chi connectivity index (χ0n) is 10.3. The van der Waals surface area contributed by atoms with Crippen LogP contribution in [0.2, 0.25) is 0 Å². The van der Waals surface area contributed by atoms with E-state index in [0.29, 0.717) is 6.42 Å². The molecular formula is C13H14Cl3NO2. The summed E-state index contributed by atoms with van der Waals surface area (Å²) < 4.78 is 3.47. The van der Waals surface area contributed by atoms with E-state index >= 15 is 0 Å². The van der Waals surface area contributed by atoms with Gasteiger partial charge in [0.2, 0.25) is 0 Å². The molecule has 1 fully saturated rings. The molecule has 0 radical (unpaired) electrons. The smallest absolute Gasteiger partial charge is 0.272 e. The van der Waals surface area contributed by atoms with Crippen LogP contribution in [0.25, 0.3) is 0 Å². The molecule has 0 aromatic heterocycles. The van der Waals surface area contributed by atoms with Crippen molar-refractivity contribution in [3.63, 3.8) is 0 Å². The highest BCUT2D eigenvalue weighted by Gasteiger charge is 2.44. The molecule has 104 valence electrons. The molecule has 3 atom stereocenters. The van der Waals surface area contributed by atoms with Gasteiger partial charge in [-0.3, -0.25) is 4.79 Å². The number of carbonyl (C=O) groups is 1. The van der Waals surface area contributed by atoms with Crippen LogP contribution < -0.4 is 5.32 Å². The lowest BCUT2D eigenvalue weighted by molar-refractivity contribution is -0.121. The molecule has 0 unspecified atom stereocenters. The first kappa shape index (κ1) is 14.9. The standard InChI is InChI=1S/C13H14Cl3NO2/c1-8-11(19-8)10(17-12(18)13(14,15)16)7-9-5-3-2-4-6-9/h2-6,8,10-11H,7H2,1H3,(H,17,18)/t8-,10+,11-/m0/s1. The fraction of sp³-hybridized carbons (Fsp3) is 0.462. The van der Waals surface area contributed by atoms with Crippen molar-refractivity contribution in [2.24, 2.45) is 0 Å². The van der Waals surface area contributed by atoms with E-state index in [1.807, 2.05) is 37.3 Å². The lowest BCUT2D eigenvalue weighted by atomic mass is 10.0. The van der Waals surface area contributed by atoms with Gasteiger partial charge in [0, 0.05) is 0 Å². The van der Waals surface area contributed by atoms with E-state index in [-0.39, 0.29) is 18.2 Å². The summed E-state index contributed by atoms with van der Waals surface area (Å²) in [6.45, 7) is 1.95. The summed E-state index contributed by atoms with van der Waals surface area (Å²) in [6, 6.07) is 9.61. The summed E-state index contributed by atoms with van der Waals surface area (Å²) in [4.78, 5) is 11.7. The number of nitrogens with one attached hydrogen (secondary N) is 1. The first-order valence-corrected chi connectivity index (χ1v) is 7.08. The van der Waals surface area contributed by atoms with E-state index in [1.165, 1.54) is 0 Å². The number of amides is 1. The Morgan fingerprint density at radius 3 is 2.42 bits per heavy atom. The SMILES string of the molecule is C[C@@H]1O[C@@H]1[C@@H](Cc1ccccc1)NC(=O)C(Cl)(Cl)Cl. The summed E-state index contributed by atoms with van der Waals surface area (Å²) in [6.07, 6.45) is 0.725. The normalized spacial score (nSPS) is 23.8. The third-order valence-corrected chi connectivity index (χ3v) is 3.54. The Labute approximate surface area is 127 Å². The maximum atomic E-state index is 11.7. The number of rotatable bonds is 4. The molecule has 2 rings (SSSR count). The lowest BCUT2D eigenvalue weighted by Gasteiger charge is -2.20. The van der Waals surface area contributed by atoms with Crippen molar-refractivity contribution < 1.29 is 9.53 Å². The van der Waals surface area contributed by atoms with Gasteiger partial charge in [-0.05, 0) is 18.9 Å². The maximum absolute atomic E-state index is 11.7. The number of epoxide rings is 1. The largest absolute Gasteiger partial charge is 0.368 e. The van der Waals surface area contributed by atoms with Gasteiger partial charge in [-0.25, -0.2) is 0 Å². The predicted octanol–water partition coefficient (Wildman–Crippen LogP) is 2.87. The van der Waals surface area contributed by atoms with Crippen molar-refractivity contribution in [3.8, 4) is 0 Å². The minimum Gasteiger partial charge on any atom is -0.368 e. The first-order chi connectivity index (χ1) is 8.88. The van der Waals surface area contributed by atoms with Crippen LogP contribution in [0.5, 0.6) is 0 Å². The van der Waals surface area contributed by atoms with Gasteiger partial charge < -0.3 is 10.1 Å². The van der Waals surface area contributed by atoms with Crippen molar-refractivity contribution in [2.75, 3.05) is 0 Å². The number of benzene rings is 1. The molecule has 1 aliphatic heterocycles. The number of hydrogen-bond acceptors (Lipinski definition) is 2. The number of carbonyl (C=O) groups excluding carboxylic acids is 1. The first-order valence-electron chi connectivity index (χ1n) is 5.95. The van der Waals surface area contributed by atoms with Crippen LogP contribution in [0.15, 0.2) is 30.3 Å². The van der Waals surface area contributed by atoms with Gasteiger partial charge in [0.1, 0.15) is 6.10 Å². The minimum absolute atomic E-state index is 0.0310. The highest BCUT2D eigenvalue weighted by atomic mass is 35.6. The molecule has 6 heteroatoms. The van der Waals surface area contributed by atoms with Crippen LogP contribution in [0, 0.1) is 0 Å². The molecular weight excluding hydrogens is 309 g/mol. The van der Waals surface area contributed by atoms with E-state index in [2.05, 4.69) is 5.32 Å². The molecule has 1 saturated heterocycles. The second-order valence-electron chi connectivity index (χ2n) is 4.57. The van der Waals surface area contributed by atoms with Crippen LogP contribution in [-0.2, 0) is 16.0 Å². The Bertz CT molecular complexity index is 447.